The summed E-state index contributed by atoms with van der Waals surface area (Å²) >= 11 is 0. The summed E-state index contributed by atoms with van der Waals surface area (Å²) in [4.78, 5) is 12.8. The monoisotopic (exact) mass is 440 g/mol. The van der Waals surface area contributed by atoms with Crippen LogP contribution in [0, 0.1) is 18.7 Å². The number of halogens is 1. The van der Waals surface area contributed by atoms with Crippen molar-refractivity contribution in [2.24, 2.45) is 5.92 Å². The van der Waals surface area contributed by atoms with Crippen LogP contribution in [0.15, 0.2) is 41.3 Å². The molecule has 0 radical (unpaired) electrons. The number of nitrogens with one attached hydrogen (secondary N) is 2. The average Bonchev–Trinajstić information content (AvgIpc) is 3.16. The van der Waals surface area contributed by atoms with Crippen molar-refractivity contribution in [2.45, 2.75) is 18.2 Å². The van der Waals surface area contributed by atoms with Gasteiger partial charge >= 0.3 is 0 Å². The molecule has 1 atom stereocenters. The van der Waals surface area contributed by atoms with Gasteiger partial charge in [-0.2, -0.15) is 13.5 Å². The van der Waals surface area contributed by atoms with Crippen LogP contribution in [0.3, 0.4) is 0 Å². The zero-order chi connectivity index (χ0) is 20.3. The normalized spacial score (nSPS) is 16.2. The fraction of sp³-hybridized carbons (Fsp3) is 0.350. The van der Waals surface area contributed by atoms with E-state index in [1.54, 1.807) is 6.92 Å². The van der Waals surface area contributed by atoms with Crippen LogP contribution in [0.2, 0.25) is 0 Å². The van der Waals surface area contributed by atoms with E-state index < -0.39 is 15.7 Å². The number of hydrogen-bond acceptors (Lipinski definition) is 5. The van der Waals surface area contributed by atoms with Crippen molar-refractivity contribution in [3.05, 3.63) is 53.3 Å². The molecule has 158 valence electrons. The number of carbonyl (C=O) groups excluding carboxylic acids is 1. The molecule has 0 spiro atoms. The molecule has 3 rings (SSSR count). The molecule has 0 saturated carbocycles. The van der Waals surface area contributed by atoms with Crippen LogP contribution in [0.5, 0.6) is 5.75 Å². The summed E-state index contributed by atoms with van der Waals surface area (Å²) in [5.41, 5.74) is 0.914. The maximum Gasteiger partial charge on any atom is 0.259 e. The van der Waals surface area contributed by atoms with Crippen LogP contribution in [0.4, 0.5) is 10.1 Å². The first kappa shape index (κ1) is 23.2. The van der Waals surface area contributed by atoms with Crippen LogP contribution in [0.1, 0.15) is 22.3 Å². The van der Waals surface area contributed by atoms with Gasteiger partial charge in [0.05, 0.1) is 23.3 Å². The molecule has 0 aliphatic carbocycles. The van der Waals surface area contributed by atoms with E-state index in [4.69, 9.17) is 4.74 Å². The maximum atomic E-state index is 13.4. The Kier molecular flexibility index (Phi) is 7.67. The first-order chi connectivity index (χ1) is 13.3. The highest BCUT2D eigenvalue weighted by atomic mass is 32.2. The Labute approximate surface area is 177 Å². The summed E-state index contributed by atoms with van der Waals surface area (Å²) in [6.07, 6.45) is 0.812. The van der Waals surface area contributed by atoms with Gasteiger partial charge in [0.15, 0.2) is 9.84 Å². The van der Waals surface area contributed by atoms with Gasteiger partial charge in [-0.25, -0.2) is 12.8 Å². The Balaban J connectivity index is 0.00000300. The molecule has 1 heterocycles. The fourth-order valence-electron chi connectivity index (χ4n) is 3.24. The number of benzene rings is 2. The van der Waals surface area contributed by atoms with Crippen molar-refractivity contribution in [1.82, 2.24) is 5.32 Å². The summed E-state index contributed by atoms with van der Waals surface area (Å²) in [6.45, 7) is 3.08. The molecular formula is C20H25FN2O4S2. The highest BCUT2D eigenvalue weighted by molar-refractivity contribution is 7.91. The van der Waals surface area contributed by atoms with Crippen LogP contribution in [-0.2, 0) is 9.84 Å². The van der Waals surface area contributed by atoms with E-state index in [-0.39, 0.29) is 47.2 Å². The molecule has 0 bridgehead atoms. The number of anilines is 1. The molecule has 2 N–H and O–H groups in total. The third kappa shape index (κ3) is 5.49. The second-order valence-electron chi connectivity index (χ2n) is 6.92. The van der Waals surface area contributed by atoms with Gasteiger partial charge in [-0.1, -0.05) is 0 Å². The SMILES string of the molecule is COc1ccc(S(=O)(=O)C[C@H]2CCNC2)cc1C(=O)Nc1ccc(F)c(C)c1.S. The highest BCUT2D eigenvalue weighted by Gasteiger charge is 2.25. The molecule has 1 aliphatic rings. The van der Waals surface area contributed by atoms with Gasteiger partial charge in [0.2, 0.25) is 0 Å². The van der Waals surface area contributed by atoms with Crippen molar-refractivity contribution in [3.8, 4) is 5.75 Å². The summed E-state index contributed by atoms with van der Waals surface area (Å²) in [6, 6.07) is 8.48. The number of hydrogen-bond donors (Lipinski definition) is 2. The van der Waals surface area contributed by atoms with Gasteiger partial charge in [0, 0.05) is 5.69 Å². The quantitative estimate of drug-likeness (QED) is 0.722. The Bertz CT molecular complexity index is 990. The van der Waals surface area contributed by atoms with E-state index in [1.807, 2.05) is 0 Å². The lowest BCUT2D eigenvalue weighted by atomic mass is 10.1. The van der Waals surface area contributed by atoms with Gasteiger partial charge in [0.25, 0.3) is 5.91 Å². The zero-order valence-electron chi connectivity index (χ0n) is 16.3. The van der Waals surface area contributed by atoms with Crippen molar-refractivity contribution in [2.75, 3.05) is 31.3 Å². The number of rotatable bonds is 6. The third-order valence-corrected chi connectivity index (χ3v) is 6.69. The number of methoxy groups -OCH3 is 1. The van der Waals surface area contributed by atoms with E-state index in [1.165, 1.54) is 43.5 Å². The van der Waals surface area contributed by atoms with Crippen molar-refractivity contribution in [3.63, 3.8) is 0 Å². The standard InChI is InChI=1S/C20H23FN2O4S.H2S/c1-13-9-15(3-5-18(13)21)23-20(24)17-10-16(4-6-19(17)27-2)28(25,26)12-14-7-8-22-11-14;/h3-6,9-10,14,22H,7-8,11-12H2,1-2H3,(H,23,24);1H2/t14-;/m0./s1. The molecule has 2 aromatic carbocycles. The Hall–Kier alpha value is -2.10. The lowest BCUT2D eigenvalue weighted by molar-refractivity contribution is 0.102. The van der Waals surface area contributed by atoms with E-state index >= 15 is 0 Å². The molecule has 2 aromatic rings. The van der Waals surface area contributed by atoms with E-state index in [2.05, 4.69) is 10.6 Å². The largest absolute Gasteiger partial charge is 0.496 e. The lowest BCUT2D eigenvalue weighted by Crippen LogP contribution is -2.20. The molecule has 1 fully saturated rings. The second kappa shape index (κ2) is 9.60. The van der Waals surface area contributed by atoms with Crippen LogP contribution >= 0.6 is 13.5 Å². The van der Waals surface area contributed by atoms with E-state index in [9.17, 15) is 17.6 Å². The van der Waals surface area contributed by atoms with Crippen LogP contribution in [-0.4, -0.2) is 40.3 Å². The van der Waals surface area contributed by atoms with Crippen molar-refractivity contribution < 1.29 is 22.3 Å². The molecule has 1 saturated heterocycles. The second-order valence-corrected chi connectivity index (χ2v) is 8.95. The first-order valence-electron chi connectivity index (χ1n) is 8.99. The van der Waals surface area contributed by atoms with Gasteiger partial charge in [0.1, 0.15) is 11.6 Å². The van der Waals surface area contributed by atoms with Crippen LogP contribution < -0.4 is 15.4 Å². The summed E-state index contributed by atoms with van der Waals surface area (Å²) < 4.78 is 44.2. The minimum Gasteiger partial charge on any atom is -0.496 e. The van der Waals surface area contributed by atoms with Gasteiger partial charge < -0.3 is 15.4 Å². The van der Waals surface area contributed by atoms with Gasteiger partial charge in [-0.3, -0.25) is 4.79 Å². The summed E-state index contributed by atoms with van der Waals surface area (Å²) in [7, 11) is -2.13. The number of amides is 1. The molecule has 29 heavy (non-hydrogen) atoms. The molecule has 6 nitrogen and oxygen atoms in total. The molecule has 1 aliphatic heterocycles. The average molecular weight is 441 g/mol. The topological polar surface area (TPSA) is 84.5 Å². The zero-order valence-corrected chi connectivity index (χ0v) is 18.1. The minimum absolute atomic E-state index is 0. The van der Waals surface area contributed by atoms with Gasteiger partial charge in [-0.15, -0.1) is 0 Å². The first-order valence-corrected chi connectivity index (χ1v) is 10.6. The van der Waals surface area contributed by atoms with E-state index in [0.29, 0.717) is 17.8 Å². The van der Waals surface area contributed by atoms with E-state index in [0.717, 1.165) is 13.0 Å². The number of carbonyl (C=O) groups is 1. The number of aryl methyl sites for hydroxylation is 1. The van der Waals surface area contributed by atoms with Crippen molar-refractivity contribution in [1.29, 1.82) is 0 Å². The molecular weight excluding hydrogens is 415 g/mol. The lowest BCUT2D eigenvalue weighted by Gasteiger charge is -2.13. The molecule has 9 heteroatoms. The molecule has 1 amide bonds. The Morgan fingerprint density at radius 2 is 2.03 bits per heavy atom. The predicted octanol–water partition coefficient (Wildman–Crippen LogP) is 2.89. The summed E-state index contributed by atoms with van der Waals surface area (Å²) in [5, 5.41) is 5.82. The maximum absolute atomic E-state index is 13.4. The molecule has 0 aromatic heterocycles. The van der Waals surface area contributed by atoms with Crippen molar-refractivity contribution >= 4 is 34.9 Å². The highest BCUT2D eigenvalue weighted by Crippen LogP contribution is 2.26. The minimum atomic E-state index is -3.54. The van der Waals surface area contributed by atoms with Gasteiger partial charge in [-0.05, 0) is 74.3 Å². The predicted molar refractivity (Wildman–Crippen MR) is 115 cm³/mol. The third-order valence-electron chi connectivity index (χ3n) is 4.81. The van der Waals surface area contributed by atoms with Crippen LogP contribution in [0.25, 0.3) is 0 Å². The molecule has 0 unspecified atom stereocenters. The number of sulfone groups is 1. The number of ether oxygens (including phenoxy) is 1. The Morgan fingerprint density at radius 3 is 2.66 bits per heavy atom. The Morgan fingerprint density at radius 1 is 1.28 bits per heavy atom. The smallest absolute Gasteiger partial charge is 0.259 e. The fourth-order valence-corrected chi connectivity index (χ4v) is 4.91. The summed E-state index contributed by atoms with van der Waals surface area (Å²) in [5.74, 6) is -0.540.